The predicted molar refractivity (Wildman–Crippen MR) is 38.9 cm³/mol. The van der Waals surface area contributed by atoms with Crippen molar-refractivity contribution in [3.05, 3.63) is 26.5 Å². The molecule has 0 aliphatic carbocycles. The summed E-state index contributed by atoms with van der Waals surface area (Å²) >= 11 is 0. The Kier molecular flexibility index (Phi) is 28.3. The minimum Gasteiger partial charge on any atom is -0.338 e. The first-order chi connectivity index (χ1) is 3.68. The van der Waals surface area contributed by atoms with Crippen LogP contribution in [-0.2, 0) is 0 Å². The molecule has 50 valence electrons. The fourth-order valence-electron chi connectivity index (χ4n) is 0. The van der Waals surface area contributed by atoms with Crippen LogP contribution in [0.4, 0.5) is 0 Å². The summed E-state index contributed by atoms with van der Waals surface area (Å²) in [5.74, 6) is 0. The SMILES string of the molecule is C=C[CH2-].[CH2-]CC(C)=N.[U+2]. The van der Waals surface area contributed by atoms with Crippen LogP contribution in [0.1, 0.15) is 13.3 Å². The molecule has 0 aliphatic rings. The number of hydrogen-bond acceptors (Lipinski definition) is 1. The maximum absolute atomic E-state index is 6.68. The predicted octanol–water partition coefficient (Wildman–Crippen LogP) is 2.26. The van der Waals surface area contributed by atoms with Crippen molar-refractivity contribution in [2.75, 3.05) is 0 Å². The van der Waals surface area contributed by atoms with Crippen molar-refractivity contribution in [2.24, 2.45) is 0 Å². The van der Waals surface area contributed by atoms with Gasteiger partial charge in [-0.05, 0) is 12.6 Å². The third-order valence-electron chi connectivity index (χ3n) is 0.375. The van der Waals surface area contributed by atoms with Crippen molar-refractivity contribution in [3.63, 3.8) is 0 Å². The molecule has 1 nitrogen and oxygen atoms in total. The standard InChI is InChI=1S/C4H8N.C3H5.U/c1-3-4(2)5;1-3-2;/h5H,1,3H2,2H3;3H,1-2H2;/q2*-1;+2. The van der Waals surface area contributed by atoms with Gasteiger partial charge in [-0.3, -0.25) is 0 Å². The van der Waals surface area contributed by atoms with Crippen molar-refractivity contribution in [2.45, 2.75) is 13.3 Å². The van der Waals surface area contributed by atoms with Crippen LogP contribution in [0.3, 0.4) is 0 Å². The molecule has 0 aromatic rings. The number of nitrogens with one attached hydrogen (secondary N) is 1. The largest absolute Gasteiger partial charge is 2.00 e. The summed E-state index contributed by atoms with van der Waals surface area (Å²) in [6.07, 6.45) is 2.14. The Morgan fingerprint density at radius 2 is 1.89 bits per heavy atom. The second kappa shape index (κ2) is 15.8. The Hall–Kier alpha value is 0.332. The van der Waals surface area contributed by atoms with E-state index in [-0.39, 0.29) is 31.1 Å². The average molecular weight is 349 g/mol. The third-order valence-corrected chi connectivity index (χ3v) is 0.375. The molecule has 0 amide bonds. The van der Waals surface area contributed by atoms with Crippen LogP contribution in [0.25, 0.3) is 0 Å². The monoisotopic (exact) mass is 349 g/mol. The van der Waals surface area contributed by atoms with Gasteiger partial charge in [-0.2, -0.15) is 0 Å². The Morgan fingerprint density at radius 3 is 1.89 bits per heavy atom. The molecule has 0 bridgehead atoms. The van der Waals surface area contributed by atoms with Crippen LogP contribution in [0.2, 0.25) is 0 Å². The maximum atomic E-state index is 6.68. The minimum absolute atomic E-state index is 0. The summed E-state index contributed by atoms with van der Waals surface area (Å²) in [5, 5.41) is 6.68. The topological polar surface area (TPSA) is 23.9 Å². The Morgan fingerprint density at radius 1 is 1.78 bits per heavy atom. The molecule has 0 unspecified atom stereocenters. The molecule has 0 fully saturated rings. The second-order valence-electron chi connectivity index (χ2n) is 1.32. The first kappa shape index (κ1) is 16.2. The molecule has 0 atom stereocenters. The maximum Gasteiger partial charge on any atom is 2.00 e. The quantitative estimate of drug-likeness (QED) is 0.555. The first-order valence-electron chi connectivity index (χ1n) is 2.42. The van der Waals surface area contributed by atoms with Gasteiger partial charge in [0.15, 0.2) is 0 Å². The molecule has 2 heteroatoms. The van der Waals surface area contributed by atoms with Gasteiger partial charge in [0, 0.05) is 0 Å². The van der Waals surface area contributed by atoms with Crippen molar-refractivity contribution in [3.8, 4) is 0 Å². The van der Waals surface area contributed by atoms with E-state index in [1.165, 1.54) is 6.08 Å². The van der Waals surface area contributed by atoms with Crippen LogP contribution in [0, 0.1) is 50.4 Å². The summed E-state index contributed by atoms with van der Waals surface area (Å²) in [4.78, 5) is 0. The minimum atomic E-state index is 0. The molecule has 1 N–H and O–H groups in total. The van der Waals surface area contributed by atoms with Crippen molar-refractivity contribution in [1.29, 1.82) is 5.41 Å². The van der Waals surface area contributed by atoms with Crippen LogP contribution in [0.5, 0.6) is 0 Å². The number of hydrogen-bond donors (Lipinski definition) is 1. The molecular formula is C7H13NU. The van der Waals surface area contributed by atoms with E-state index in [9.17, 15) is 0 Å². The van der Waals surface area contributed by atoms with E-state index >= 15 is 0 Å². The van der Waals surface area contributed by atoms with Gasteiger partial charge in [0.25, 0.3) is 0 Å². The summed E-state index contributed by atoms with van der Waals surface area (Å²) in [5.41, 5.74) is 0.644. The number of allylic oxidation sites excluding steroid dienone is 1. The first-order valence-corrected chi connectivity index (χ1v) is 2.42. The second-order valence-corrected chi connectivity index (χ2v) is 1.32. The smallest absolute Gasteiger partial charge is 0.338 e. The van der Waals surface area contributed by atoms with E-state index < -0.39 is 0 Å². The van der Waals surface area contributed by atoms with Gasteiger partial charge in [0.1, 0.15) is 0 Å². The van der Waals surface area contributed by atoms with Crippen molar-refractivity contribution < 1.29 is 31.1 Å². The fourth-order valence-corrected chi connectivity index (χ4v) is 0. The molecule has 0 spiro atoms. The molecule has 0 aromatic carbocycles. The summed E-state index contributed by atoms with van der Waals surface area (Å²) in [6, 6.07) is 0. The zero-order chi connectivity index (χ0) is 6.99. The molecular weight excluding hydrogens is 336 g/mol. The van der Waals surface area contributed by atoms with E-state index in [1.807, 2.05) is 0 Å². The van der Waals surface area contributed by atoms with E-state index in [2.05, 4.69) is 20.4 Å². The fraction of sp³-hybridized carbons (Fsp3) is 0.286. The van der Waals surface area contributed by atoms with Gasteiger partial charge < -0.3 is 12.3 Å². The van der Waals surface area contributed by atoms with Gasteiger partial charge in [-0.1, -0.05) is 0 Å². The zero-order valence-corrected chi connectivity index (χ0v) is 10.1. The Balaban J connectivity index is -0.0000000800. The van der Waals surface area contributed by atoms with E-state index in [0.29, 0.717) is 12.1 Å². The van der Waals surface area contributed by atoms with Gasteiger partial charge in [-0.25, -0.2) is 19.6 Å². The van der Waals surface area contributed by atoms with E-state index in [4.69, 9.17) is 5.41 Å². The summed E-state index contributed by atoms with van der Waals surface area (Å²) < 4.78 is 0. The Bertz CT molecular complexity index is 69.3. The molecule has 0 radical (unpaired) electrons. The molecule has 9 heavy (non-hydrogen) atoms. The molecule has 0 aliphatic heterocycles. The van der Waals surface area contributed by atoms with Crippen LogP contribution in [0.15, 0.2) is 12.7 Å². The van der Waals surface area contributed by atoms with Crippen LogP contribution >= 0.6 is 0 Å². The van der Waals surface area contributed by atoms with E-state index in [1.54, 1.807) is 6.92 Å². The van der Waals surface area contributed by atoms with Crippen molar-refractivity contribution >= 4 is 5.71 Å². The normalized spacial score (nSPS) is 5.56. The Labute approximate surface area is 81.8 Å². The molecule has 0 heterocycles. The molecule has 0 saturated heterocycles. The van der Waals surface area contributed by atoms with Crippen LogP contribution < -0.4 is 0 Å². The zero-order valence-electron chi connectivity index (χ0n) is 5.91. The van der Waals surface area contributed by atoms with Gasteiger partial charge >= 0.3 is 31.1 Å². The third kappa shape index (κ3) is 61.4. The van der Waals surface area contributed by atoms with Gasteiger partial charge in [0.05, 0.1) is 0 Å². The molecule has 0 aromatic heterocycles. The van der Waals surface area contributed by atoms with E-state index in [0.717, 1.165) is 0 Å². The van der Waals surface area contributed by atoms with Gasteiger partial charge in [-0.15, -0.1) is 6.42 Å². The summed E-state index contributed by atoms with van der Waals surface area (Å²) in [6.45, 7) is 11.7. The van der Waals surface area contributed by atoms with Gasteiger partial charge in [0.2, 0.25) is 0 Å². The van der Waals surface area contributed by atoms with Crippen LogP contribution in [-0.4, -0.2) is 5.71 Å². The number of rotatable bonds is 1. The summed E-state index contributed by atoms with van der Waals surface area (Å²) in [7, 11) is 0. The molecule has 0 rings (SSSR count). The average Bonchev–Trinajstić information content (AvgIpc) is 1.69. The van der Waals surface area contributed by atoms with Crippen molar-refractivity contribution in [1.82, 2.24) is 0 Å². The molecule has 0 saturated carbocycles.